The summed E-state index contributed by atoms with van der Waals surface area (Å²) in [5.74, 6) is -0.891. The second-order valence-electron chi connectivity index (χ2n) is 4.26. The predicted molar refractivity (Wildman–Crippen MR) is 67.8 cm³/mol. The fraction of sp³-hybridized carbons (Fsp3) is 0.417. The molecule has 4 nitrogen and oxygen atoms in total. The quantitative estimate of drug-likeness (QED) is 0.859. The van der Waals surface area contributed by atoms with Crippen LogP contribution in [0.2, 0.25) is 5.02 Å². The maximum atomic E-state index is 13.0. The van der Waals surface area contributed by atoms with Gasteiger partial charge in [-0.15, -0.1) is 0 Å². The molecular weight excluding hydrogens is 257 g/mol. The molecule has 1 saturated heterocycles. The number of primary amides is 1. The number of hydrogen-bond acceptors (Lipinski definition) is 3. The number of nitrogens with two attached hydrogens (primary N) is 1. The molecule has 1 heterocycles. The molecule has 0 aliphatic carbocycles. The number of carbonyl (C=O) groups is 1. The summed E-state index contributed by atoms with van der Waals surface area (Å²) in [6, 6.07) is 3.42. The Morgan fingerprint density at radius 1 is 1.44 bits per heavy atom. The fourth-order valence-electron chi connectivity index (χ4n) is 2.19. The molecule has 1 fully saturated rings. The maximum Gasteiger partial charge on any atom is 0.239 e. The van der Waals surface area contributed by atoms with Crippen LogP contribution in [0.15, 0.2) is 18.2 Å². The van der Waals surface area contributed by atoms with Crippen molar-refractivity contribution in [2.24, 2.45) is 5.73 Å². The first-order valence-electron chi connectivity index (χ1n) is 5.78. The number of rotatable bonds is 3. The Labute approximate surface area is 110 Å². The van der Waals surface area contributed by atoms with Crippen molar-refractivity contribution in [3.8, 4) is 0 Å². The largest absolute Gasteiger partial charge is 0.368 e. The third-order valence-corrected chi connectivity index (χ3v) is 3.37. The third kappa shape index (κ3) is 2.80. The van der Waals surface area contributed by atoms with Crippen LogP contribution in [0.5, 0.6) is 0 Å². The van der Waals surface area contributed by atoms with Crippen molar-refractivity contribution < 1.29 is 9.18 Å². The number of halogens is 2. The molecule has 1 atom stereocenters. The summed E-state index contributed by atoms with van der Waals surface area (Å²) in [6.45, 7) is 3.01. The molecule has 2 rings (SSSR count). The van der Waals surface area contributed by atoms with E-state index in [4.69, 9.17) is 17.3 Å². The van der Waals surface area contributed by atoms with Crippen molar-refractivity contribution in [2.75, 3.05) is 26.2 Å². The van der Waals surface area contributed by atoms with Gasteiger partial charge >= 0.3 is 0 Å². The van der Waals surface area contributed by atoms with Crippen LogP contribution in [0.4, 0.5) is 4.39 Å². The lowest BCUT2D eigenvalue weighted by molar-refractivity contribution is -0.123. The van der Waals surface area contributed by atoms with Gasteiger partial charge in [0.05, 0.1) is 0 Å². The molecular formula is C12H15ClFN3O. The number of piperazine rings is 1. The zero-order valence-electron chi connectivity index (χ0n) is 9.83. The average molecular weight is 272 g/mol. The van der Waals surface area contributed by atoms with Gasteiger partial charge in [0.25, 0.3) is 0 Å². The van der Waals surface area contributed by atoms with E-state index in [0.717, 1.165) is 13.1 Å². The molecule has 1 unspecified atom stereocenters. The first kappa shape index (κ1) is 13.3. The second-order valence-corrected chi connectivity index (χ2v) is 4.66. The summed E-state index contributed by atoms with van der Waals surface area (Å²) in [5.41, 5.74) is 6.02. The Kier molecular flexibility index (Phi) is 4.16. The summed E-state index contributed by atoms with van der Waals surface area (Å²) in [5, 5.41) is 3.43. The van der Waals surface area contributed by atoms with Crippen molar-refractivity contribution in [3.63, 3.8) is 0 Å². The molecule has 98 valence electrons. The zero-order chi connectivity index (χ0) is 13.1. The number of amides is 1. The first-order chi connectivity index (χ1) is 8.59. The molecule has 0 saturated carbocycles. The minimum atomic E-state index is -0.597. The zero-order valence-corrected chi connectivity index (χ0v) is 10.6. The van der Waals surface area contributed by atoms with Crippen molar-refractivity contribution >= 4 is 17.5 Å². The normalized spacial score (nSPS) is 18.6. The lowest BCUT2D eigenvalue weighted by Crippen LogP contribution is -2.48. The Bertz CT molecular complexity index is 449. The van der Waals surface area contributed by atoms with E-state index in [-0.39, 0.29) is 5.02 Å². The lowest BCUT2D eigenvalue weighted by atomic mass is 10.0. The van der Waals surface area contributed by atoms with Gasteiger partial charge in [0.2, 0.25) is 5.91 Å². The molecule has 1 amide bonds. The second kappa shape index (κ2) is 5.65. The molecule has 1 aromatic rings. The summed E-state index contributed by atoms with van der Waals surface area (Å²) < 4.78 is 13.0. The molecule has 0 radical (unpaired) electrons. The maximum absolute atomic E-state index is 13.0. The van der Waals surface area contributed by atoms with Gasteiger partial charge in [0.1, 0.15) is 11.9 Å². The van der Waals surface area contributed by atoms with Crippen molar-refractivity contribution in [3.05, 3.63) is 34.6 Å². The van der Waals surface area contributed by atoms with Gasteiger partial charge in [0.15, 0.2) is 0 Å². The van der Waals surface area contributed by atoms with Crippen LogP contribution in [0.3, 0.4) is 0 Å². The number of nitrogens with one attached hydrogen (secondary N) is 1. The number of carbonyl (C=O) groups excluding carboxylic acids is 1. The van der Waals surface area contributed by atoms with Crippen molar-refractivity contribution in [1.29, 1.82) is 0 Å². The van der Waals surface area contributed by atoms with Crippen LogP contribution in [0.25, 0.3) is 0 Å². The highest BCUT2D eigenvalue weighted by Crippen LogP contribution is 2.28. The minimum absolute atomic E-state index is 0.234. The molecule has 6 heteroatoms. The Morgan fingerprint density at radius 2 is 2.11 bits per heavy atom. The average Bonchev–Trinajstić information content (AvgIpc) is 2.33. The first-order valence-corrected chi connectivity index (χ1v) is 6.16. The van der Waals surface area contributed by atoms with Gasteiger partial charge in [0, 0.05) is 31.2 Å². The summed E-state index contributed by atoms with van der Waals surface area (Å²) in [7, 11) is 0. The van der Waals surface area contributed by atoms with Gasteiger partial charge in [-0.1, -0.05) is 17.7 Å². The number of benzene rings is 1. The smallest absolute Gasteiger partial charge is 0.239 e. The van der Waals surface area contributed by atoms with Crippen LogP contribution >= 0.6 is 11.6 Å². The van der Waals surface area contributed by atoms with Crippen molar-refractivity contribution in [1.82, 2.24) is 10.2 Å². The minimum Gasteiger partial charge on any atom is -0.368 e. The topological polar surface area (TPSA) is 58.4 Å². The van der Waals surface area contributed by atoms with Crippen LogP contribution in [-0.2, 0) is 4.79 Å². The highest BCUT2D eigenvalue weighted by atomic mass is 35.5. The van der Waals surface area contributed by atoms with E-state index in [2.05, 4.69) is 5.32 Å². The van der Waals surface area contributed by atoms with E-state index in [0.29, 0.717) is 18.7 Å². The van der Waals surface area contributed by atoms with Gasteiger partial charge in [-0.2, -0.15) is 0 Å². The van der Waals surface area contributed by atoms with Crippen molar-refractivity contribution in [2.45, 2.75) is 6.04 Å². The standard InChI is InChI=1S/C12H15ClFN3O/c13-10-7-8(14)1-2-9(10)11(12(15)18)17-5-3-16-4-6-17/h1-2,7,11,16H,3-6H2,(H2,15,18). The molecule has 18 heavy (non-hydrogen) atoms. The van der Waals surface area contributed by atoms with Gasteiger partial charge < -0.3 is 11.1 Å². The predicted octanol–water partition coefficient (Wildman–Crippen LogP) is 0.911. The van der Waals surface area contributed by atoms with E-state index < -0.39 is 17.8 Å². The van der Waals surface area contributed by atoms with Crippen LogP contribution in [-0.4, -0.2) is 37.0 Å². The Morgan fingerprint density at radius 3 is 2.67 bits per heavy atom. The third-order valence-electron chi connectivity index (χ3n) is 3.04. The molecule has 0 aromatic heterocycles. The summed E-state index contributed by atoms with van der Waals surface area (Å²) in [4.78, 5) is 13.6. The molecule has 1 aromatic carbocycles. The summed E-state index contributed by atoms with van der Waals surface area (Å²) in [6.07, 6.45) is 0. The lowest BCUT2D eigenvalue weighted by Gasteiger charge is -2.33. The van der Waals surface area contributed by atoms with Gasteiger partial charge in [-0.25, -0.2) is 4.39 Å². The highest BCUT2D eigenvalue weighted by molar-refractivity contribution is 6.31. The van der Waals surface area contributed by atoms with Crippen LogP contribution in [0, 0.1) is 5.82 Å². The Hall–Kier alpha value is -1.17. The van der Waals surface area contributed by atoms with Gasteiger partial charge in [-0.05, 0) is 17.7 Å². The Balaban J connectivity index is 2.31. The fourth-order valence-corrected chi connectivity index (χ4v) is 2.46. The number of hydrogen-bond donors (Lipinski definition) is 2. The molecule has 1 aliphatic rings. The molecule has 1 aliphatic heterocycles. The highest BCUT2D eigenvalue weighted by Gasteiger charge is 2.28. The van der Waals surface area contributed by atoms with E-state index in [1.807, 2.05) is 4.90 Å². The van der Waals surface area contributed by atoms with E-state index in [1.54, 1.807) is 0 Å². The molecule has 0 spiro atoms. The van der Waals surface area contributed by atoms with E-state index in [9.17, 15) is 9.18 Å². The number of nitrogens with zero attached hydrogens (tertiary/aromatic N) is 1. The summed E-state index contributed by atoms with van der Waals surface area (Å²) >= 11 is 6.00. The SMILES string of the molecule is NC(=O)C(c1ccc(F)cc1Cl)N1CCNCC1. The van der Waals surface area contributed by atoms with Crippen LogP contribution in [0.1, 0.15) is 11.6 Å². The van der Waals surface area contributed by atoms with Crippen LogP contribution < -0.4 is 11.1 Å². The monoisotopic (exact) mass is 271 g/mol. The van der Waals surface area contributed by atoms with Gasteiger partial charge in [-0.3, -0.25) is 9.69 Å². The molecule has 3 N–H and O–H groups in total. The van der Waals surface area contributed by atoms with E-state index >= 15 is 0 Å². The van der Waals surface area contributed by atoms with E-state index in [1.165, 1.54) is 18.2 Å². The molecule has 0 bridgehead atoms.